The molecule has 174 valence electrons. The van der Waals surface area contributed by atoms with Gasteiger partial charge in [-0.1, -0.05) is 37.5 Å². The summed E-state index contributed by atoms with van der Waals surface area (Å²) in [6.07, 6.45) is -4.86. The normalized spacial score (nSPS) is 16.3. The van der Waals surface area contributed by atoms with E-state index in [2.05, 4.69) is 15.4 Å². The Labute approximate surface area is 181 Å². The number of hydrogen-bond acceptors (Lipinski definition) is 3. The van der Waals surface area contributed by atoms with Crippen molar-refractivity contribution >= 4 is 11.6 Å². The molecule has 1 unspecified atom stereocenters. The van der Waals surface area contributed by atoms with Crippen LogP contribution in [0.25, 0.3) is 0 Å². The Morgan fingerprint density at radius 1 is 0.938 bits per heavy atom. The van der Waals surface area contributed by atoms with E-state index < -0.39 is 35.8 Å². The van der Waals surface area contributed by atoms with Gasteiger partial charge in [-0.15, -0.1) is 13.2 Å². The number of amides is 1. The van der Waals surface area contributed by atoms with Crippen LogP contribution >= 0.6 is 0 Å². The number of rotatable bonds is 6. The van der Waals surface area contributed by atoms with Crippen LogP contribution < -0.4 is 15.4 Å². The predicted molar refractivity (Wildman–Crippen MR) is 106 cm³/mol. The summed E-state index contributed by atoms with van der Waals surface area (Å²) in [5.74, 6) is -0.939. The van der Waals surface area contributed by atoms with E-state index in [1.54, 1.807) is 0 Å². The van der Waals surface area contributed by atoms with Crippen molar-refractivity contribution in [2.24, 2.45) is 0 Å². The van der Waals surface area contributed by atoms with Gasteiger partial charge in [-0.2, -0.15) is 13.2 Å². The van der Waals surface area contributed by atoms with Crippen LogP contribution in [0.2, 0.25) is 0 Å². The van der Waals surface area contributed by atoms with Crippen LogP contribution in [0.3, 0.4) is 0 Å². The highest BCUT2D eigenvalue weighted by molar-refractivity contribution is 5.86. The maximum absolute atomic E-state index is 13.1. The minimum absolute atomic E-state index is 0.0548. The van der Waals surface area contributed by atoms with Crippen molar-refractivity contribution in [1.82, 2.24) is 5.32 Å². The lowest BCUT2D eigenvalue weighted by atomic mass is 9.95. The number of benzene rings is 2. The third-order valence-corrected chi connectivity index (χ3v) is 5.16. The predicted octanol–water partition coefficient (Wildman–Crippen LogP) is 6.21. The summed E-state index contributed by atoms with van der Waals surface area (Å²) in [5, 5.41) is 5.69. The second kappa shape index (κ2) is 9.70. The molecule has 0 bridgehead atoms. The van der Waals surface area contributed by atoms with Gasteiger partial charge in [-0.25, -0.2) is 0 Å². The lowest BCUT2D eigenvalue weighted by Crippen LogP contribution is -2.41. The van der Waals surface area contributed by atoms with Crippen molar-refractivity contribution in [1.29, 1.82) is 0 Å². The van der Waals surface area contributed by atoms with E-state index in [0.29, 0.717) is 0 Å². The summed E-state index contributed by atoms with van der Waals surface area (Å²) in [6, 6.07) is 7.86. The molecule has 1 saturated carbocycles. The highest BCUT2D eigenvalue weighted by Gasteiger charge is 2.32. The van der Waals surface area contributed by atoms with Gasteiger partial charge in [-0.05, 0) is 48.7 Å². The average molecular weight is 460 g/mol. The van der Waals surface area contributed by atoms with Gasteiger partial charge in [0.2, 0.25) is 5.91 Å². The number of anilines is 1. The summed E-state index contributed by atoms with van der Waals surface area (Å²) in [5.41, 5.74) is -0.549. The van der Waals surface area contributed by atoms with Crippen LogP contribution in [0.1, 0.15) is 49.3 Å². The number of nitrogens with one attached hydrogen (secondary N) is 2. The zero-order valence-corrected chi connectivity index (χ0v) is 16.9. The molecular formula is C22H22F6N2O2. The van der Waals surface area contributed by atoms with Crippen molar-refractivity contribution in [3.8, 4) is 5.75 Å². The van der Waals surface area contributed by atoms with E-state index in [9.17, 15) is 31.1 Å². The van der Waals surface area contributed by atoms with E-state index >= 15 is 0 Å². The molecule has 1 aliphatic carbocycles. The van der Waals surface area contributed by atoms with Crippen molar-refractivity contribution in [2.45, 2.75) is 56.7 Å². The molecule has 3 rings (SSSR count). The molecule has 10 heteroatoms. The Kier molecular flexibility index (Phi) is 7.20. The Hall–Kier alpha value is -2.91. The number of alkyl halides is 6. The summed E-state index contributed by atoms with van der Waals surface area (Å²) in [4.78, 5) is 13.0. The van der Waals surface area contributed by atoms with Gasteiger partial charge in [0.25, 0.3) is 0 Å². The Morgan fingerprint density at radius 3 is 2.19 bits per heavy atom. The summed E-state index contributed by atoms with van der Waals surface area (Å²) in [6.45, 7) is 0. The van der Waals surface area contributed by atoms with E-state index in [1.807, 2.05) is 0 Å². The molecule has 0 spiro atoms. The molecule has 1 amide bonds. The Balaban J connectivity index is 1.85. The largest absolute Gasteiger partial charge is 0.573 e. The zero-order valence-electron chi connectivity index (χ0n) is 16.9. The lowest BCUT2D eigenvalue weighted by Gasteiger charge is -2.27. The maximum atomic E-state index is 13.1. The average Bonchev–Trinajstić information content (AvgIpc) is 2.72. The van der Waals surface area contributed by atoms with Gasteiger partial charge < -0.3 is 15.4 Å². The SMILES string of the molecule is O=C(NC1CCCCC1)C(Nc1cccc(C(F)(F)F)c1)c1ccc(OC(F)(F)F)cc1. The van der Waals surface area contributed by atoms with E-state index in [-0.39, 0.29) is 17.3 Å². The molecule has 0 aliphatic heterocycles. The molecule has 32 heavy (non-hydrogen) atoms. The monoisotopic (exact) mass is 460 g/mol. The van der Waals surface area contributed by atoms with Crippen LogP contribution in [0.4, 0.5) is 32.0 Å². The molecule has 2 aromatic carbocycles. The molecule has 1 atom stereocenters. The number of ether oxygens (including phenoxy) is 1. The minimum Gasteiger partial charge on any atom is -0.406 e. The summed E-state index contributed by atoms with van der Waals surface area (Å²) >= 11 is 0. The lowest BCUT2D eigenvalue weighted by molar-refractivity contribution is -0.274. The molecular weight excluding hydrogens is 438 g/mol. The summed E-state index contributed by atoms with van der Waals surface area (Å²) < 4.78 is 80.3. The van der Waals surface area contributed by atoms with E-state index in [4.69, 9.17) is 0 Å². The molecule has 4 nitrogen and oxygen atoms in total. The summed E-state index contributed by atoms with van der Waals surface area (Å²) in [7, 11) is 0. The fraction of sp³-hybridized carbons (Fsp3) is 0.409. The first-order valence-corrected chi connectivity index (χ1v) is 10.1. The van der Waals surface area contributed by atoms with Crippen molar-refractivity contribution in [3.05, 3.63) is 59.7 Å². The number of carbonyl (C=O) groups is 1. The van der Waals surface area contributed by atoms with Crippen molar-refractivity contribution in [3.63, 3.8) is 0 Å². The molecule has 2 N–H and O–H groups in total. The van der Waals surface area contributed by atoms with Crippen LogP contribution in [-0.2, 0) is 11.0 Å². The molecule has 1 fully saturated rings. The van der Waals surface area contributed by atoms with Crippen LogP contribution in [0.15, 0.2) is 48.5 Å². The topological polar surface area (TPSA) is 50.4 Å². The standard InChI is InChI=1S/C22H22F6N2O2/c23-21(24,25)15-5-4-8-17(13-15)29-19(20(31)30-16-6-2-1-3-7-16)14-9-11-18(12-10-14)32-22(26,27)28/h4-5,8-13,16,19,29H,1-3,6-7H2,(H,30,31). The molecule has 0 saturated heterocycles. The first-order chi connectivity index (χ1) is 15.0. The quantitative estimate of drug-likeness (QED) is 0.505. The molecule has 0 heterocycles. The second-order valence-electron chi connectivity index (χ2n) is 7.62. The van der Waals surface area contributed by atoms with E-state index in [1.165, 1.54) is 24.3 Å². The van der Waals surface area contributed by atoms with E-state index in [0.717, 1.165) is 56.4 Å². The third-order valence-electron chi connectivity index (χ3n) is 5.16. The maximum Gasteiger partial charge on any atom is 0.573 e. The van der Waals surface area contributed by atoms with Crippen LogP contribution in [0.5, 0.6) is 5.75 Å². The Morgan fingerprint density at radius 2 is 1.59 bits per heavy atom. The van der Waals surface area contributed by atoms with Gasteiger partial charge in [0.15, 0.2) is 0 Å². The van der Waals surface area contributed by atoms with Gasteiger partial charge in [-0.3, -0.25) is 4.79 Å². The van der Waals surface area contributed by atoms with Crippen molar-refractivity contribution in [2.75, 3.05) is 5.32 Å². The zero-order chi connectivity index (χ0) is 23.4. The first-order valence-electron chi connectivity index (χ1n) is 10.1. The number of halogens is 6. The highest BCUT2D eigenvalue weighted by atomic mass is 19.4. The van der Waals surface area contributed by atoms with Crippen LogP contribution in [-0.4, -0.2) is 18.3 Å². The van der Waals surface area contributed by atoms with Gasteiger partial charge in [0.05, 0.1) is 5.56 Å². The van der Waals surface area contributed by atoms with Crippen LogP contribution in [0, 0.1) is 0 Å². The highest BCUT2D eigenvalue weighted by Crippen LogP contribution is 2.32. The first kappa shape index (κ1) is 23.7. The fourth-order valence-corrected chi connectivity index (χ4v) is 3.65. The van der Waals surface area contributed by atoms with Crippen molar-refractivity contribution < 1.29 is 35.9 Å². The van der Waals surface area contributed by atoms with Gasteiger partial charge in [0.1, 0.15) is 11.8 Å². The minimum atomic E-state index is -4.87. The molecule has 1 aliphatic rings. The number of hydrogen-bond donors (Lipinski definition) is 2. The molecule has 0 aromatic heterocycles. The smallest absolute Gasteiger partial charge is 0.406 e. The molecule has 2 aromatic rings. The second-order valence-corrected chi connectivity index (χ2v) is 7.62. The van der Waals surface area contributed by atoms with Gasteiger partial charge in [0, 0.05) is 11.7 Å². The van der Waals surface area contributed by atoms with Gasteiger partial charge >= 0.3 is 12.5 Å². The molecule has 0 radical (unpaired) electrons. The fourth-order valence-electron chi connectivity index (χ4n) is 3.65. The number of carbonyl (C=O) groups excluding carboxylic acids is 1. The Bertz CT molecular complexity index is 906. The third kappa shape index (κ3) is 6.80.